The van der Waals surface area contributed by atoms with Crippen LogP contribution >= 0.6 is 0 Å². The van der Waals surface area contributed by atoms with Gasteiger partial charge in [-0.25, -0.2) is 0 Å². The highest BCUT2D eigenvalue weighted by molar-refractivity contribution is 4.78. The third kappa shape index (κ3) is 419. The van der Waals surface area contributed by atoms with Crippen molar-refractivity contribution < 1.29 is 0 Å². The molecule has 0 aliphatic carbocycles. The van der Waals surface area contributed by atoms with Gasteiger partial charge in [0.25, 0.3) is 0 Å². The standard InChI is InChI=1S/3C4H8/c1-4(2)3;2*1-3-4-2/h1H2,2-3H3;3-4H,1-2H3;3H,1,4H2,2H3. The maximum atomic E-state index is 3.56. The van der Waals surface area contributed by atoms with Crippen LogP contribution in [0, 0.1) is 0 Å². The Kier molecular flexibility index (Phi) is 32.5. The minimum absolute atomic E-state index is 1.08. The first-order valence-corrected chi connectivity index (χ1v) is 4.37. The van der Waals surface area contributed by atoms with Crippen LogP contribution in [0.5, 0.6) is 0 Å². The van der Waals surface area contributed by atoms with E-state index in [-0.39, 0.29) is 0 Å². The van der Waals surface area contributed by atoms with Crippen molar-refractivity contribution in [2.24, 2.45) is 0 Å². The molecule has 0 heterocycles. The van der Waals surface area contributed by atoms with Gasteiger partial charge in [0.2, 0.25) is 0 Å². The fraction of sp³-hybridized carbons (Fsp3) is 0.500. The van der Waals surface area contributed by atoms with Gasteiger partial charge in [-0.3, -0.25) is 0 Å². The summed E-state index contributed by atoms with van der Waals surface area (Å²) in [6.45, 7) is 17.0. The summed E-state index contributed by atoms with van der Waals surface area (Å²) in [6.07, 6.45) is 6.96. The Morgan fingerprint density at radius 2 is 1.33 bits per heavy atom. The molecule has 0 saturated carbocycles. The molecule has 0 fully saturated rings. The molecule has 0 radical (unpaired) electrons. The van der Waals surface area contributed by atoms with E-state index in [1.54, 1.807) is 0 Å². The summed E-state index contributed by atoms with van der Waals surface area (Å²) in [5.74, 6) is 0. The van der Waals surface area contributed by atoms with E-state index in [0.29, 0.717) is 0 Å². The molecule has 0 aromatic heterocycles. The van der Waals surface area contributed by atoms with E-state index in [2.05, 4.69) is 20.1 Å². The van der Waals surface area contributed by atoms with E-state index < -0.39 is 0 Å². The molecule has 0 spiro atoms. The van der Waals surface area contributed by atoms with Crippen molar-refractivity contribution >= 4 is 0 Å². The van der Waals surface area contributed by atoms with Crippen LogP contribution in [0.4, 0.5) is 0 Å². The molecule has 0 nitrogen and oxygen atoms in total. The average molecular weight is 168 g/mol. The normalized spacial score (nSPS) is 7.42. The number of rotatable bonds is 1. The van der Waals surface area contributed by atoms with E-state index in [4.69, 9.17) is 0 Å². The number of hydrogen-bond donors (Lipinski definition) is 0. The molecule has 72 valence electrons. The molecular formula is C12H24. The summed E-state index contributed by atoms with van der Waals surface area (Å²) in [5.41, 5.74) is 1.17. The lowest BCUT2D eigenvalue weighted by Crippen LogP contribution is -1.43. The highest BCUT2D eigenvalue weighted by atomic mass is 13.6. The van der Waals surface area contributed by atoms with Crippen LogP contribution in [0.3, 0.4) is 0 Å². The molecule has 0 saturated heterocycles. The van der Waals surface area contributed by atoms with Gasteiger partial charge in [-0.05, 0) is 34.1 Å². The summed E-state index contributed by atoms with van der Waals surface area (Å²) < 4.78 is 0. The second kappa shape index (κ2) is 22.5. The molecule has 0 aliphatic heterocycles. The summed E-state index contributed by atoms with van der Waals surface area (Å²) in [7, 11) is 0. The predicted molar refractivity (Wildman–Crippen MR) is 61.5 cm³/mol. The van der Waals surface area contributed by atoms with Crippen molar-refractivity contribution in [2.45, 2.75) is 41.0 Å². The van der Waals surface area contributed by atoms with Gasteiger partial charge < -0.3 is 0 Å². The van der Waals surface area contributed by atoms with Crippen LogP contribution in [0.2, 0.25) is 0 Å². The molecule has 0 N–H and O–H groups in total. The van der Waals surface area contributed by atoms with Gasteiger partial charge >= 0.3 is 0 Å². The van der Waals surface area contributed by atoms with E-state index in [1.165, 1.54) is 5.57 Å². The Morgan fingerprint density at radius 1 is 1.17 bits per heavy atom. The molecule has 0 aliphatic rings. The lowest BCUT2D eigenvalue weighted by Gasteiger charge is -1.65. The highest BCUT2D eigenvalue weighted by Gasteiger charge is 1.51. The quantitative estimate of drug-likeness (QED) is 0.496. The average Bonchev–Trinajstić information content (AvgIpc) is 2.03. The smallest absolute Gasteiger partial charge is 0.0382 e. The first-order valence-electron chi connectivity index (χ1n) is 4.37. The first-order chi connectivity index (χ1) is 5.56. The van der Waals surface area contributed by atoms with Crippen LogP contribution in [0.1, 0.15) is 41.0 Å². The molecule has 0 aromatic carbocycles. The van der Waals surface area contributed by atoms with Crippen LogP contribution in [0.25, 0.3) is 0 Å². The molecule has 0 aromatic rings. The van der Waals surface area contributed by atoms with E-state index in [1.807, 2.05) is 45.9 Å². The Hall–Kier alpha value is -0.780. The fourth-order valence-corrected chi connectivity index (χ4v) is 0. The van der Waals surface area contributed by atoms with Crippen molar-refractivity contribution in [3.05, 3.63) is 37.0 Å². The van der Waals surface area contributed by atoms with Crippen molar-refractivity contribution in [3.8, 4) is 0 Å². The lowest BCUT2D eigenvalue weighted by molar-refractivity contribution is 1.23. The molecule has 12 heavy (non-hydrogen) atoms. The van der Waals surface area contributed by atoms with E-state index >= 15 is 0 Å². The van der Waals surface area contributed by atoms with Crippen LogP contribution in [-0.2, 0) is 0 Å². The minimum atomic E-state index is 1.08. The van der Waals surface area contributed by atoms with E-state index in [0.717, 1.165) is 6.42 Å². The van der Waals surface area contributed by atoms with Crippen molar-refractivity contribution in [1.82, 2.24) is 0 Å². The Balaban J connectivity index is -0.000000101. The largest absolute Gasteiger partial charge is 0.103 e. The second-order valence-corrected chi connectivity index (χ2v) is 2.57. The first kappa shape index (κ1) is 17.3. The predicted octanol–water partition coefficient (Wildman–Crippen LogP) is 4.75. The van der Waals surface area contributed by atoms with Gasteiger partial charge in [-0.2, -0.15) is 0 Å². The van der Waals surface area contributed by atoms with Gasteiger partial charge in [-0.1, -0.05) is 30.7 Å². The summed E-state index contributed by atoms with van der Waals surface area (Å²) in [4.78, 5) is 0. The summed E-state index contributed by atoms with van der Waals surface area (Å²) in [6, 6.07) is 0. The maximum absolute atomic E-state index is 3.56. The van der Waals surface area contributed by atoms with Gasteiger partial charge in [0.15, 0.2) is 0 Å². The topological polar surface area (TPSA) is 0 Å². The zero-order valence-corrected chi connectivity index (χ0v) is 9.35. The molecule has 0 bridgehead atoms. The number of hydrogen-bond acceptors (Lipinski definition) is 0. The highest BCUT2D eigenvalue weighted by Crippen LogP contribution is 1.73. The lowest BCUT2D eigenvalue weighted by atomic mass is 10.4. The second-order valence-electron chi connectivity index (χ2n) is 2.57. The minimum Gasteiger partial charge on any atom is -0.103 e. The summed E-state index contributed by atoms with van der Waals surface area (Å²) in [5, 5.41) is 0. The number of allylic oxidation sites excluding steroid dienone is 4. The Bertz CT molecular complexity index is 99.2. The molecular weight excluding hydrogens is 144 g/mol. The molecule has 0 unspecified atom stereocenters. The van der Waals surface area contributed by atoms with Gasteiger partial charge in [0, 0.05) is 0 Å². The molecule has 0 amide bonds. The van der Waals surface area contributed by atoms with Crippen molar-refractivity contribution in [1.29, 1.82) is 0 Å². The Morgan fingerprint density at radius 3 is 1.33 bits per heavy atom. The maximum Gasteiger partial charge on any atom is -0.0382 e. The van der Waals surface area contributed by atoms with Crippen molar-refractivity contribution in [3.63, 3.8) is 0 Å². The summed E-state index contributed by atoms with van der Waals surface area (Å²) >= 11 is 0. The van der Waals surface area contributed by atoms with Crippen molar-refractivity contribution in [2.75, 3.05) is 0 Å². The van der Waals surface area contributed by atoms with E-state index in [9.17, 15) is 0 Å². The molecule has 0 atom stereocenters. The van der Waals surface area contributed by atoms with Gasteiger partial charge in [-0.15, -0.1) is 13.2 Å². The SMILES string of the molecule is C=C(C)C.C=CCC.CC=CC. The molecule has 0 rings (SSSR count). The van der Waals surface area contributed by atoms with Crippen LogP contribution in [-0.4, -0.2) is 0 Å². The monoisotopic (exact) mass is 168 g/mol. The fourth-order valence-electron chi connectivity index (χ4n) is 0. The van der Waals surface area contributed by atoms with Crippen LogP contribution in [0.15, 0.2) is 37.0 Å². The van der Waals surface area contributed by atoms with Gasteiger partial charge in [0.1, 0.15) is 0 Å². The Labute approximate surface area is 78.7 Å². The third-order valence-electron chi connectivity index (χ3n) is 0.622. The third-order valence-corrected chi connectivity index (χ3v) is 0.622. The van der Waals surface area contributed by atoms with Gasteiger partial charge in [0.05, 0.1) is 0 Å². The van der Waals surface area contributed by atoms with Crippen LogP contribution < -0.4 is 0 Å². The zero-order valence-electron chi connectivity index (χ0n) is 9.35. The molecule has 0 heteroatoms. The zero-order chi connectivity index (χ0) is 10.4.